The maximum absolute atomic E-state index is 12.6. The number of anilines is 1. The smallest absolute Gasteiger partial charge is 0.229 e. The van der Waals surface area contributed by atoms with Crippen molar-refractivity contribution >= 4 is 33.5 Å². The highest BCUT2D eigenvalue weighted by molar-refractivity contribution is 6.13. The zero-order valence-electron chi connectivity index (χ0n) is 21.5. The number of carbonyl (C=O) groups excluding carboxylic acids is 1. The van der Waals surface area contributed by atoms with Gasteiger partial charge in [0.1, 0.15) is 23.0 Å². The number of nitrogens with zero attached hydrogens (tertiary/aromatic N) is 3. The zero-order chi connectivity index (χ0) is 25.8. The maximum Gasteiger partial charge on any atom is 0.229 e. The predicted molar refractivity (Wildman–Crippen MR) is 141 cm³/mol. The van der Waals surface area contributed by atoms with E-state index in [1.807, 2.05) is 77.9 Å². The molecular weight excluding hydrogens is 454 g/mol. The van der Waals surface area contributed by atoms with Crippen LogP contribution in [0.3, 0.4) is 0 Å². The molecule has 1 amide bonds. The third kappa shape index (κ3) is 3.98. The first kappa shape index (κ1) is 23.5. The van der Waals surface area contributed by atoms with E-state index in [1.54, 1.807) is 7.11 Å². The summed E-state index contributed by atoms with van der Waals surface area (Å²) in [6.45, 7) is 11.3. The molecular formula is C28H29N5O3. The Bertz CT molecular complexity index is 1620. The number of nitrogens with one attached hydrogen (secondary N) is 2. The zero-order valence-corrected chi connectivity index (χ0v) is 21.5. The van der Waals surface area contributed by atoms with Gasteiger partial charge in [-0.25, -0.2) is 9.97 Å². The highest BCUT2D eigenvalue weighted by Crippen LogP contribution is 2.41. The van der Waals surface area contributed by atoms with Crippen LogP contribution >= 0.6 is 0 Å². The quantitative estimate of drug-likeness (QED) is 0.308. The number of aromatic nitrogens is 4. The second kappa shape index (κ2) is 8.48. The summed E-state index contributed by atoms with van der Waals surface area (Å²) in [5, 5.41) is 8.95. The molecule has 0 atom stereocenters. The Morgan fingerprint density at radius 3 is 2.53 bits per heavy atom. The highest BCUT2D eigenvalue weighted by Gasteiger charge is 2.23. The average molecular weight is 484 g/mol. The molecule has 8 nitrogen and oxygen atoms in total. The lowest BCUT2D eigenvalue weighted by atomic mass is 9.95. The number of H-pyrrole nitrogens is 1. The summed E-state index contributed by atoms with van der Waals surface area (Å²) in [7, 11) is 1.65. The van der Waals surface area contributed by atoms with Crippen molar-refractivity contribution in [2.45, 2.75) is 41.5 Å². The van der Waals surface area contributed by atoms with Crippen LogP contribution in [0, 0.1) is 26.2 Å². The topological polar surface area (TPSA) is 106 Å². The van der Waals surface area contributed by atoms with E-state index >= 15 is 0 Å². The Kier molecular flexibility index (Phi) is 5.54. The second-order valence-corrected chi connectivity index (χ2v) is 10.1. The Morgan fingerprint density at radius 1 is 1.08 bits per heavy atom. The van der Waals surface area contributed by atoms with E-state index in [0.29, 0.717) is 11.6 Å². The maximum atomic E-state index is 12.6. The van der Waals surface area contributed by atoms with E-state index in [0.717, 1.165) is 61.5 Å². The lowest BCUT2D eigenvalue weighted by Gasteiger charge is -2.18. The lowest BCUT2D eigenvalue weighted by molar-refractivity contribution is -0.123. The summed E-state index contributed by atoms with van der Waals surface area (Å²) in [5.74, 6) is 2.03. The van der Waals surface area contributed by atoms with Gasteiger partial charge in [-0.15, -0.1) is 0 Å². The number of aryl methyl sites for hydroxylation is 3. The number of amides is 1. The number of hydrogen-bond donors (Lipinski definition) is 2. The number of benzene rings is 2. The van der Waals surface area contributed by atoms with Gasteiger partial charge in [-0.1, -0.05) is 38.1 Å². The number of aromatic amines is 1. The van der Waals surface area contributed by atoms with Gasteiger partial charge in [-0.3, -0.25) is 4.79 Å². The number of carbonyl (C=O) groups is 1. The van der Waals surface area contributed by atoms with Crippen molar-refractivity contribution in [1.29, 1.82) is 0 Å². The number of methoxy groups -OCH3 is 1. The molecule has 0 spiro atoms. The van der Waals surface area contributed by atoms with Crippen LogP contribution < -0.4 is 10.1 Å². The van der Waals surface area contributed by atoms with E-state index in [-0.39, 0.29) is 5.91 Å². The molecule has 184 valence electrons. The molecule has 5 aromatic rings. The van der Waals surface area contributed by atoms with Gasteiger partial charge in [-0.05, 0) is 45.0 Å². The number of rotatable bonds is 4. The predicted octanol–water partition coefficient (Wildman–Crippen LogP) is 6.35. The standard InChI is InChI=1S/C28H29N5O3/c1-14-23(15(2)36-33-14)20-12-21-19(13-22(20)35-7)24-25(29-16(3)30-26(24)32-21)17-9-8-10-18(11-17)31-27(34)28(4,5)6/h8-13H,1-7H3,(H,31,34)(H,29,30,32). The molecule has 2 aromatic carbocycles. The average Bonchev–Trinajstić information content (AvgIpc) is 3.35. The molecule has 0 aliphatic carbocycles. The number of fused-ring (bicyclic) bond motifs is 3. The van der Waals surface area contributed by atoms with Crippen LogP contribution in [-0.2, 0) is 4.79 Å². The Labute approximate surface area is 209 Å². The monoisotopic (exact) mass is 483 g/mol. The van der Waals surface area contributed by atoms with Crippen LogP contribution in [0.4, 0.5) is 5.69 Å². The van der Waals surface area contributed by atoms with E-state index in [1.165, 1.54) is 0 Å². The van der Waals surface area contributed by atoms with E-state index in [4.69, 9.17) is 14.2 Å². The van der Waals surface area contributed by atoms with Crippen molar-refractivity contribution < 1.29 is 14.1 Å². The molecule has 0 aliphatic rings. The molecule has 0 saturated carbocycles. The molecule has 2 N–H and O–H groups in total. The SMILES string of the molecule is COc1cc2c(cc1-c1c(C)noc1C)[nH]c1nc(C)nc(-c3cccc(NC(=O)C(C)(C)C)c3)c12. The Morgan fingerprint density at radius 2 is 1.86 bits per heavy atom. The summed E-state index contributed by atoms with van der Waals surface area (Å²) in [6, 6.07) is 11.8. The van der Waals surface area contributed by atoms with Crippen molar-refractivity contribution in [1.82, 2.24) is 20.1 Å². The molecule has 3 aromatic heterocycles. The van der Waals surface area contributed by atoms with Crippen molar-refractivity contribution in [3.05, 3.63) is 53.7 Å². The number of ether oxygens (including phenoxy) is 1. The van der Waals surface area contributed by atoms with Crippen LogP contribution in [0.15, 0.2) is 40.9 Å². The van der Waals surface area contributed by atoms with E-state index in [2.05, 4.69) is 20.4 Å². The summed E-state index contributed by atoms with van der Waals surface area (Å²) in [4.78, 5) is 25.5. The summed E-state index contributed by atoms with van der Waals surface area (Å²) >= 11 is 0. The van der Waals surface area contributed by atoms with Crippen molar-refractivity contribution in [3.63, 3.8) is 0 Å². The van der Waals surface area contributed by atoms with Crippen LogP contribution in [0.2, 0.25) is 0 Å². The fraction of sp³-hybridized carbons (Fsp3) is 0.286. The first-order valence-corrected chi connectivity index (χ1v) is 11.8. The molecule has 0 bridgehead atoms. The number of hydrogen-bond acceptors (Lipinski definition) is 6. The van der Waals surface area contributed by atoms with Gasteiger partial charge in [0.05, 0.1) is 29.4 Å². The fourth-order valence-corrected chi connectivity index (χ4v) is 4.44. The fourth-order valence-electron chi connectivity index (χ4n) is 4.44. The lowest BCUT2D eigenvalue weighted by Crippen LogP contribution is -2.27. The largest absolute Gasteiger partial charge is 0.496 e. The van der Waals surface area contributed by atoms with Crippen LogP contribution in [-0.4, -0.2) is 33.1 Å². The minimum absolute atomic E-state index is 0.0488. The van der Waals surface area contributed by atoms with E-state index < -0.39 is 5.41 Å². The molecule has 0 radical (unpaired) electrons. The van der Waals surface area contributed by atoms with Crippen molar-refractivity contribution in [3.8, 4) is 28.1 Å². The highest BCUT2D eigenvalue weighted by atomic mass is 16.5. The molecule has 0 saturated heterocycles. The normalized spacial score (nSPS) is 11.9. The van der Waals surface area contributed by atoms with Gasteiger partial charge < -0.3 is 19.6 Å². The summed E-state index contributed by atoms with van der Waals surface area (Å²) in [6.07, 6.45) is 0. The molecule has 0 aliphatic heterocycles. The van der Waals surface area contributed by atoms with Gasteiger partial charge in [0.25, 0.3) is 0 Å². The Hall–Kier alpha value is -4.20. The molecule has 8 heteroatoms. The van der Waals surface area contributed by atoms with Crippen molar-refractivity contribution in [2.24, 2.45) is 5.41 Å². The third-order valence-electron chi connectivity index (χ3n) is 6.26. The molecule has 0 unspecified atom stereocenters. The minimum Gasteiger partial charge on any atom is -0.496 e. The summed E-state index contributed by atoms with van der Waals surface area (Å²) < 4.78 is 11.2. The van der Waals surface area contributed by atoms with E-state index in [9.17, 15) is 4.79 Å². The first-order valence-electron chi connectivity index (χ1n) is 11.8. The van der Waals surface area contributed by atoms with Gasteiger partial charge in [-0.2, -0.15) is 0 Å². The van der Waals surface area contributed by atoms with Crippen LogP contribution in [0.25, 0.3) is 44.3 Å². The van der Waals surface area contributed by atoms with Gasteiger partial charge in [0.2, 0.25) is 5.91 Å². The molecule has 5 rings (SSSR count). The molecule has 36 heavy (non-hydrogen) atoms. The van der Waals surface area contributed by atoms with Crippen LogP contribution in [0.5, 0.6) is 5.75 Å². The third-order valence-corrected chi connectivity index (χ3v) is 6.26. The summed E-state index contributed by atoms with van der Waals surface area (Å²) in [5.41, 5.74) is 6.12. The first-order chi connectivity index (χ1) is 17.1. The second-order valence-electron chi connectivity index (χ2n) is 10.1. The molecule has 0 fully saturated rings. The van der Waals surface area contributed by atoms with Crippen LogP contribution in [0.1, 0.15) is 38.0 Å². The van der Waals surface area contributed by atoms with Gasteiger partial charge in [0.15, 0.2) is 0 Å². The van der Waals surface area contributed by atoms with Crippen molar-refractivity contribution in [2.75, 3.05) is 12.4 Å². The molecule has 3 heterocycles. The van der Waals surface area contributed by atoms with Gasteiger partial charge in [0, 0.05) is 33.1 Å². The van der Waals surface area contributed by atoms with Gasteiger partial charge >= 0.3 is 0 Å². The minimum atomic E-state index is -0.499. The Balaban J connectivity index is 1.72.